The fourth-order valence-electron chi connectivity index (χ4n) is 2.60. The molecule has 140 valence electrons. The number of esters is 1. The third-order valence-electron chi connectivity index (χ3n) is 4.33. The fourth-order valence-corrected chi connectivity index (χ4v) is 2.60. The van der Waals surface area contributed by atoms with Crippen molar-refractivity contribution in [3.63, 3.8) is 0 Å². The van der Waals surface area contributed by atoms with Crippen molar-refractivity contribution >= 4 is 12.1 Å². The number of hydrogen-bond acceptors (Lipinski definition) is 4. The first-order valence-electron chi connectivity index (χ1n) is 9.02. The Hall–Kier alpha value is -1.26. The smallest absolute Gasteiger partial charge is 0.410 e. The van der Waals surface area contributed by atoms with Crippen LogP contribution in [-0.2, 0) is 14.3 Å². The van der Waals surface area contributed by atoms with Crippen LogP contribution in [0.2, 0.25) is 0 Å². The number of rotatable bonds is 5. The minimum Gasteiger partial charge on any atom is -0.464 e. The molecule has 0 aliphatic carbocycles. The molecule has 2 atom stereocenters. The van der Waals surface area contributed by atoms with Crippen LogP contribution in [-0.4, -0.2) is 42.3 Å². The molecule has 1 fully saturated rings. The predicted octanol–water partition coefficient (Wildman–Crippen LogP) is 4.39. The van der Waals surface area contributed by atoms with E-state index >= 15 is 0 Å². The maximum Gasteiger partial charge on any atom is 0.410 e. The highest BCUT2D eigenvalue weighted by Crippen LogP contribution is 2.27. The first-order chi connectivity index (χ1) is 10.9. The van der Waals surface area contributed by atoms with E-state index in [4.69, 9.17) is 9.47 Å². The molecule has 5 nitrogen and oxygen atoms in total. The molecule has 1 aliphatic heterocycles. The van der Waals surface area contributed by atoms with E-state index in [2.05, 4.69) is 41.5 Å². The highest BCUT2D eigenvalue weighted by molar-refractivity contribution is 5.82. The number of likely N-dealkylation sites (tertiary alicyclic amines) is 1. The van der Waals surface area contributed by atoms with E-state index in [1.54, 1.807) is 4.90 Å². The van der Waals surface area contributed by atoms with E-state index in [0.29, 0.717) is 19.6 Å². The second kappa shape index (κ2) is 8.21. The van der Waals surface area contributed by atoms with Crippen molar-refractivity contribution in [2.45, 2.75) is 86.2 Å². The maximum absolute atomic E-state index is 12.4. The summed E-state index contributed by atoms with van der Waals surface area (Å²) < 4.78 is 10.8. The van der Waals surface area contributed by atoms with Gasteiger partial charge in [0, 0.05) is 6.04 Å². The Labute approximate surface area is 147 Å². The number of amides is 1. The van der Waals surface area contributed by atoms with Crippen molar-refractivity contribution < 1.29 is 19.1 Å². The van der Waals surface area contributed by atoms with Crippen molar-refractivity contribution in [1.82, 2.24) is 4.90 Å². The molecule has 0 aromatic rings. The van der Waals surface area contributed by atoms with Crippen LogP contribution >= 0.6 is 0 Å². The van der Waals surface area contributed by atoms with Crippen LogP contribution < -0.4 is 0 Å². The number of hydrogen-bond donors (Lipinski definition) is 0. The molecule has 0 saturated carbocycles. The minimum absolute atomic E-state index is 0.00676. The summed E-state index contributed by atoms with van der Waals surface area (Å²) >= 11 is 0. The minimum atomic E-state index is -0.512. The van der Waals surface area contributed by atoms with Gasteiger partial charge in [-0.2, -0.15) is 0 Å². The highest BCUT2D eigenvalue weighted by Gasteiger charge is 2.40. The summed E-state index contributed by atoms with van der Waals surface area (Å²) in [5.74, 6) is -0.309. The summed E-state index contributed by atoms with van der Waals surface area (Å²) in [6.45, 7) is 15.4. The molecular formula is C19H35NO4. The fraction of sp³-hybridized carbons (Fsp3) is 0.895. The lowest BCUT2D eigenvalue weighted by atomic mass is 9.93. The Balaban J connectivity index is 2.54. The van der Waals surface area contributed by atoms with Crippen molar-refractivity contribution in [1.29, 1.82) is 0 Å². The summed E-state index contributed by atoms with van der Waals surface area (Å²) in [6.07, 6.45) is 2.64. The second-order valence-corrected chi connectivity index (χ2v) is 9.25. The van der Waals surface area contributed by atoms with Gasteiger partial charge in [0.1, 0.15) is 6.04 Å². The highest BCUT2D eigenvalue weighted by atomic mass is 16.6. The third-order valence-corrected chi connectivity index (χ3v) is 4.33. The summed E-state index contributed by atoms with van der Waals surface area (Å²) in [4.78, 5) is 26.3. The summed E-state index contributed by atoms with van der Waals surface area (Å²) in [5, 5.41) is 0. The number of nitrogens with zero attached hydrogens (tertiary/aromatic N) is 1. The van der Waals surface area contributed by atoms with Gasteiger partial charge >= 0.3 is 12.1 Å². The predicted molar refractivity (Wildman–Crippen MR) is 94.8 cm³/mol. The van der Waals surface area contributed by atoms with Gasteiger partial charge in [-0.3, -0.25) is 4.90 Å². The zero-order chi connectivity index (χ0) is 18.5. The standard InChI is InChI=1S/C19H35NO4/c1-14-8-9-15(16(21)23-12-10-18(2,3)4)20(14)17(22)24-13-11-19(5,6)7/h14-15H,8-13H2,1-7H3/t14-,15-/m0/s1. The Morgan fingerprint density at radius 3 is 1.92 bits per heavy atom. The number of carbonyl (C=O) groups excluding carboxylic acids is 2. The van der Waals surface area contributed by atoms with Crippen molar-refractivity contribution in [2.75, 3.05) is 13.2 Å². The van der Waals surface area contributed by atoms with Gasteiger partial charge in [0.25, 0.3) is 0 Å². The van der Waals surface area contributed by atoms with E-state index in [0.717, 1.165) is 19.3 Å². The van der Waals surface area contributed by atoms with Crippen LogP contribution in [0.1, 0.15) is 74.1 Å². The van der Waals surface area contributed by atoms with E-state index < -0.39 is 12.1 Å². The van der Waals surface area contributed by atoms with Gasteiger partial charge in [0.05, 0.1) is 13.2 Å². The molecule has 0 spiro atoms. The second-order valence-electron chi connectivity index (χ2n) is 9.25. The van der Waals surface area contributed by atoms with E-state index in [-0.39, 0.29) is 22.8 Å². The number of ether oxygens (including phenoxy) is 2. The molecule has 24 heavy (non-hydrogen) atoms. The summed E-state index contributed by atoms with van der Waals surface area (Å²) in [7, 11) is 0. The molecule has 0 aromatic carbocycles. The molecule has 5 heteroatoms. The normalized spacial score (nSPS) is 21.7. The van der Waals surface area contributed by atoms with Crippen LogP contribution in [0, 0.1) is 10.8 Å². The molecule has 1 aliphatic rings. The zero-order valence-corrected chi connectivity index (χ0v) is 16.5. The largest absolute Gasteiger partial charge is 0.464 e. The first-order valence-corrected chi connectivity index (χ1v) is 9.02. The average Bonchev–Trinajstić information content (AvgIpc) is 2.77. The van der Waals surface area contributed by atoms with Crippen molar-refractivity contribution in [2.24, 2.45) is 10.8 Å². The maximum atomic E-state index is 12.4. The molecule has 1 saturated heterocycles. The van der Waals surface area contributed by atoms with Gasteiger partial charge < -0.3 is 9.47 Å². The van der Waals surface area contributed by atoms with Crippen LogP contribution in [0.15, 0.2) is 0 Å². The van der Waals surface area contributed by atoms with Crippen LogP contribution in [0.25, 0.3) is 0 Å². The molecule has 0 bridgehead atoms. The Morgan fingerprint density at radius 1 is 0.917 bits per heavy atom. The first kappa shape index (κ1) is 20.8. The SMILES string of the molecule is C[C@H]1CC[C@@H](C(=O)OCCC(C)(C)C)N1C(=O)OCCC(C)(C)C. The monoisotopic (exact) mass is 341 g/mol. The molecule has 0 radical (unpaired) electrons. The third kappa shape index (κ3) is 7.10. The van der Waals surface area contributed by atoms with Gasteiger partial charge in [-0.25, -0.2) is 9.59 Å². The van der Waals surface area contributed by atoms with Crippen molar-refractivity contribution in [3.05, 3.63) is 0 Å². The quantitative estimate of drug-likeness (QED) is 0.696. The van der Waals surface area contributed by atoms with E-state index in [1.807, 2.05) is 6.92 Å². The van der Waals surface area contributed by atoms with Crippen LogP contribution in [0.5, 0.6) is 0 Å². The van der Waals surface area contributed by atoms with E-state index in [1.165, 1.54) is 0 Å². The van der Waals surface area contributed by atoms with Gasteiger partial charge in [-0.15, -0.1) is 0 Å². The molecule has 1 amide bonds. The summed E-state index contributed by atoms with van der Waals surface area (Å²) in [6, 6.07) is -0.505. The van der Waals surface area contributed by atoms with Gasteiger partial charge in [-0.05, 0) is 43.4 Å². The molecule has 0 unspecified atom stereocenters. The Bertz CT molecular complexity index is 434. The zero-order valence-electron chi connectivity index (χ0n) is 16.5. The number of carbonyl (C=O) groups is 2. The van der Waals surface area contributed by atoms with Crippen LogP contribution in [0.3, 0.4) is 0 Å². The molecular weight excluding hydrogens is 306 g/mol. The van der Waals surface area contributed by atoms with Crippen molar-refractivity contribution in [3.8, 4) is 0 Å². The lowest BCUT2D eigenvalue weighted by molar-refractivity contribution is -0.149. The summed E-state index contributed by atoms with van der Waals surface area (Å²) in [5.41, 5.74) is 0.233. The topological polar surface area (TPSA) is 55.8 Å². The molecule has 0 aromatic heterocycles. The molecule has 1 rings (SSSR count). The van der Waals surface area contributed by atoms with Gasteiger partial charge in [0.2, 0.25) is 0 Å². The van der Waals surface area contributed by atoms with Gasteiger partial charge in [0.15, 0.2) is 0 Å². The molecule has 0 N–H and O–H groups in total. The van der Waals surface area contributed by atoms with E-state index in [9.17, 15) is 9.59 Å². The average molecular weight is 341 g/mol. The Kier molecular flexibility index (Phi) is 7.11. The van der Waals surface area contributed by atoms with Gasteiger partial charge in [-0.1, -0.05) is 41.5 Å². The lowest BCUT2D eigenvalue weighted by Gasteiger charge is -2.27. The lowest BCUT2D eigenvalue weighted by Crippen LogP contribution is -2.45. The molecule has 1 heterocycles. The van der Waals surface area contributed by atoms with Crippen LogP contribution in [0.4, 0.5) is 4.79 Å². The Morgan fingerprint density at radius 2 is 1.42 bits per heavy atom.